The molecule has 1 fully saturated rings. The van der Waals surface area contributed by atoms with Gasteiger partial charge in [0.15, 0.2) is 0 Å². The van der Waals surface area contributed by atoms with E-state index >= 15 is 0 Å². The van der Waals surface area contributed by atoms with Crippen LogP contribution in [0.2, 0.25) is 0 Å². The fourth-order valence-electron chi connectivity index (χ4n) is 1.80. The highest BCUT2D eigenvalue weighted by Gasteiger charge is 2.26. The van der Waals surface area contributed by atoms with Gasteiger partial charge in [0.05, 0.1) is 12.1 Å². The lowest BCUT2D eigenvalue weighted by molar-refractivity contribution is 0.160. The van der Waals surface area contributed by atoms with Crippen LogP contribution < -0.4 is 11.1 Å². The van der Waals surface area contributed by atoms with Crippen molar-refractivity contribution >= 4 is 5.69 Å². The third kappa shape index (κ3) is 1.53. The number of nitrogens with one attached hydrogen (secondary N) is 1. The third-order valence-electron chi connectivity index (χ3n) is 2.52. The van der Waals surface area contributed by atoms with Crippen LogP contribution in [0.1, 0.15) is 18.0 Å². The molecule has 1 heterocycles. The molecule has 0 aromatic heterocycles. The minimum atomic E-state index is -0.301. The highest BCUT2D eigenvalue weighted by molar-refractivity contribution is 5.48. The van der Waals surface area contributed by atoms with E-state index in [4.69, 9.17) is 5.73 Å². The molecule has 0 spiro atoms. The number of aliphatic hydroxyl groups excluding tert-OH is 1. The zero-order valence-electron chi connectivity index (χ0n) is 7.40. The summed E-state index contributed by atoms with van der Waals surface area (Å²) in [4.78, 5) is 0. The molecule has 0 amide bonds. The predicted octanol–water partition coefficient (Wildman–Crippen LogP) is 0.664. The van der Waals surface area contributed by atoms with Crippen molar-refractivity contribution in [2.75, 3.05) is 12.3 Å². The average molecular weight is 178 g/mol. The van der Waals surface area contributed by atoms with E-state index in [0.717, 1.165) is 24.2 Å². The molecule has 0 radical (unpaired) electrons. The van der Waals surface area contributed by atoms with Gasteiger partial charge in [0.25, 0.3) is 0 Å². The molecule has 3 nitrogen and oxygen atoms in total. The number of para-hydroxylation sites is 1. The number of nitrogens with two attached hydrogens (primary N) is 1. The van der Waals surface area contributed by atoms with Crippen LogP contribution in [-0.2, 0) is 0 Å². The molecule has 1 aliphatic rings. The van der Waals surface area contributed by atoms with Crippen LogP contribution in [0, 0.1) is 0 Å². The van der Waals surface area contributed by atoms with Gasteiger partial charge in [-0.25, -0.2) is 0 Å². The van der Waals surface area contributed by atoms with Crippen molar-refractivity contribution in [2.24, 2.45) is 0 Å². The Morgan fingerprint density at radius 1 is 1.38 bits per heavy atom. The van der Waals surface area contributed by atoms with Crippen molar-refractivity contribution < 1.29 is 5.11 Å². The highest BCUT2D eigenvalue weighted by atomic mass is 16.3. The molecular formula is C10H14N2O. The number of hydrogen-bond acceptors (Lipinski definition) is 3. The number of anilines is 1. The number of hydrogen-bond donors (Lipinski definition) is 3. The first-order chi connectivity index (χ1) is 6.29. The van der Waals surface area contributed by atoms with Crippen molar-refractivity contribution in [2.45, 2.75) is 18.6 Å². The van der Waals surface area contributed by atoms with E-state index in [9.17, 15) is 5.11 Å². The standard InChI is InChI=1S/C10H14N2O/c11-8-4-2-1-3-7(8)10-9(13)5-6-12-10/h1-4,9-10,12-13H,5-6,11H2/t9-,10+/m1/s1. The van der Waals surface area contributed by atoms with Crippen molar-refractivity contribution in [3.05, 3.63) is 29.8 Å². The van der Waals surface area contributed by atoms with Gasteiger partial charge in [-0.2, -0.15) is 0 Å². The molecule has 4 N–H and O–H groups in total. The Hall–Kier alpha value is -1.06. The summed E-state index contributed by atoms with van der Waals surface area (Å²) in [7, 11) is 0. The smallest absolute Gasteiger partial charge is 0.0747 e. The van der Waals surface area contributed by atoms with Crippen molar-refractivity contribution in [3.8, 4) is 0 Å². The van der Waals surface area contributed by atoms with Crippen molar-refractivity contribution in [1.29, 1.82) is 0 Å². The van der Waals surface area contributed by atoms with E-state index in [1.165, 1.54) is 0 Å². The Labute approximate surface area is 77.6 Å². The quantitative estimate of drug-likeness (QED) is 0.554. The first-order valence-corrected chi connectivity index (χ1v) is 4.55. The average Bonchev–Trinajstić information content (AvgIpc) is 2.52. The zero-order valence-corrected chi connectivity index (χ0v) is 7.40. The van der Waals surface area contributed by atoms with Crippen molar-refractivity contribution in [3.63, 3.8) is 0 Å². The first kappa shape index (κ1) is 8.53. The predicted molar refractivity (Wildman–Crippen MR) is 52.2 cm³/mol. The van der Waals surface area contributed by atoms with Gasteiger partial charge in [0.2, 0.25) is 0 Å². The SMILES string of the molecule is Nc1ccccc1[C@@H]1NCC[C@H]1O. The molecule has 0 unspecified atom stereocenters. The molecule has 70 valence electrons. The van der Waals surface area contributed by atoms with E-state index in [1.807, 2.05) is 24.3 Å². The van der Waals surface area contributed by atoms with E-state index in [2.05, 4.69) is 5.32 Å². The molecule has 1 aliphatic heterocycles. The first-order valence-electron chi connectivity index (χ1n) is 4.55. The Bertz CT molecular complexity index is 301. The van der Waals surface area contributed by atoms with Gasteiger partial charge in [-0.05, 0) is 24.6 Å². The largest absolute Gasteiger partial charge is 0.398 e. The Balaban J connectivity index is 2.29. The lowest BCUT2D eigenvalue weighted by Crippen LogP contribution is -2.21. The lowest BCUT2D eigenvalue weighted by Gasteiger charge is -2.16. The summed E-state index contributed by atoms with van der Waals surface area (Å²) in [6.07, 6.45) is 0.503. The fourth-order valence-corrected chi connectivity index (χ4v) is 1.80. The number of nitrogen functional groups attached to an aromatic ring is 1. The van der Waals surface area contributed by atoms with Crippen LogP contribution in [0.25, 0.3) is 0 Å². The van der Waals surface area contributed by atoms with Crippen LogP contribution in [0.5, 0.6) is 0 Å². The second-order valence-electron chi connectivity index (χ2n) is 3.42. The van der Waals surface area contributed by atoms with Crippen molar-refractivity contribution in [1.82, 2.24) is 5.32 Å². The molecule has 0 aliphatic carbocycles. The minimum Gasteiger partial charge on any atom is -0.398 e. The summed E-state index contributed by atoms with van der Waals surface area (Å²) in [5.41, 5.74) is 7.57. The van der Waals surface area contributed by atoms with E-state index in [1.54, 1.807) is 0 Å². The second kappa shape index (κ2) is 3.36. The summed E-state index contributed by atoms with van der Waals surface area (Å²) in [5, 5.41) is 12.9. The van der Waals surface area contributed by atoms with Crippen LogP contribution in [0.15, 0.2) is 24.3 Å². The fraction of sp³-hybridized carbons (Fsp3) is 0.400. The van der Waals surface area contributed by atoms with Crippen LogP contribution in [-0.4, -0.2) is 17.8 Å². The van der Waals surface area contributed by atoms with Crippen LogP contribution in [0.4, 0.5) is 5.69 Å². The molecule has 13 heavy (non-hydrogen) atoms. The molecule has 2 atom stereocenters. The van der Waals surface area contributed by atoms with Crippen LogP contribution in [0.3, 0.4) is 0 Å². The Kier molecular flexibility index (Phi) is 2.20. The molecule has 1 saturated heterocycles. The maximum atomic E-state index is 9.65. The Morgan fingerprint density at radius 2 is 2.15 bits per heavy atom. The third-order valence-corrected chi connectivity index (χ3v) is 2.52. The van der Waals surface area contributed by atoms with E-state index in [0.29, 0.717) is 0 Å². The molecule has 3 heteroatoms. The summed E-state index contributed by atoms with van der Waals surface area (Å²) in [6, 6.07) is 7.68. The number of rotatable bonds is 1. The van der Waals surface area contributed by atoms with Crippen LogP contribution >= 0.6 is 0 Å². The van der Waals surface area contributed by atoms with Gasteiger partial charge in [0, 0.05) is 5.69 Å². The van der Waals surface area contributed by atoms with Gasteiger partial charge < -0.3 is 16.2 Å². The van der Waals surface area contributed by atoms with E-state index in [-0.39, 0.29) is 12.1 Å². The summed E-state index contributed by atoms with van der Waals surface area (Å²) < 4.78 is 0. The lowest BCUT2D eigenvalue weighted by atomic mass is 10.0. The molecule has 0 saturated carbocycles. The monoisotopic (exact) mass is 178 g/mol. The van der Waals surface area contributed by atoms with Gasteiger partial charge in [-0.3, -0.25) is 0 Å². The summed E-state index contributed by atoms with van der Waals surface area (Å²) in [5.74, 6) is 0. The molecular weight excluding hydrogens is 164 g/mol. The summed E-state index contributed by atoms with van der Waals surface area (Å²) in [6.45, 7) is 0.861. The molecule has 1 aromatic carbocycles. The molecule has 2 rings (SSSR count). The van der Waals surface area contributed by atoms with Gasteiger partial charge in [-0.15, -0.1) is 0 Å². The zero-order chi connectivity index (χ0) is 9.26. The number of aliphatic hydroxyl groups is 1. The maximum absolute atomic E-state index is 9.65. The normalized spacial score (nSPS) is 27.8. The van der Waals surface area contributed by atoms with Gasteiger partial charge in [-0.1, -0.05) is 18.2 Å². The second-order valence-corrected chi connectivity index (χ2v) is 3.42. The maximum Gasteiger partial charge on any atom is 0.0747 e. The summed E-state index contributed by atoms with van der Waals surface area (Å²) >= 11 is 0. The topological polar surface area (TPSA) is 58.3 Å². The molecule has 0 bridgehead atoms. The molecule has 1 aromatic rings. The van der Waals surface area contributed by atoms with E-state index < -0.39 is 0 Å². The van der Waals surface area contributed by atoms with Gasteiger partial charge >= 0.3 is 0 Å². The Morgan fingerprint density at radius 3 is 2.77 bits per heavy atom. The highest BCUT2D eigenvalue weighted by Crippen LogP contribution is 2.27. The number of benzene rings is 1. The minimum absolute atomic E-state index is 0.0150. The van der Waals surface area contributed by atoms with Gasteiger partial charge in [0.1, 0.15) is 0 Å².